The second kappa shape index (κ2) is 12.4. The van der Waals surface area contributed by atoms with Crippen LogP contribution in [0.15, 0.2) is 30.5 Å². The van der Waals surface area contributed by atoms with Crippen molar-refractivity contribution in [3.05, 3.63) is 58.1 Å². The molecule has 0 bridgehead atoms. The van der Waals surface area contributed by atoms with E-state index in [-0.39, 0.29) is 30.9 Å². The number of carboxylic acids is 1. The van der Waals surface area contributed by atoms with E-state index >= 15 is 0 Å². The number of benzene rings is 1. The molecule has 1 saturated heterocycles. The van der Waals surface area contributed by atoms with Gasteiger partial charge in [0.1, 0.15) is 11.4 Å². The van der Waals surface area contributed by atoms with Gasteiger partial charge in [0.25, 0.3) is 5.91 Å². The zero-order valence-electron chi connectivity index (χ0n) is 21.9. The molecule has 2 heterocycles. The second-order valence-corrected chi connectivity index (χ2v) is 10.7. The van der Waals surface area contributed by atoms with E-state index in [1.165, 1.54) is 11.1 Å². The predicted octanol–water partition coefficient (Wildman–Crippen LogP) is 4.71. The van der Waals surface area contributed by atoms with Gasteiger partial charge in [-0.15, -0.1) is 0 Å². The van der Waals surface area contributed by atoms with Crippen molar-refractivity contribution in [3.8, 4) is 0 Å². The van der Waals surface area contributed by atoms with E-state index in [9.17, 15) is 14.4 Å². The summed E-state index contributed by atoms with van der Waals surface area (Å²) in [6.45, 7) is 8.83. The van der Waals surface area contributed by atoms with Crippen molar-refractivity contribution >= 4 is 29.6 Å². The van der Waals surface area contributed by atoms with Crippen LogP contribution in [-0.2, 0) is 16.0 Å². The molecule has 200 valence electrons. The molecule has 9 nitrogen and oxygen atoms in total. The molecule has 2 amide bonds. The van der Waals surface area contributed by atoms with Crippen molar-refractivity contribution in [1.29, 1.82) is 0 Å². The first-order valence-electron chi connectivity index (χ1n) is 12.5. The number of hydrogen-bond acceptors (Lipinski definition) is 6. The average molecular weight is 531 g/mol. The SMILES string of the molecule is Cc1nc(C2CCN(C(=O)OC(C)(C)C)CC2)ncc1C(=O)N(CCC(=O)O)CCc1cccc(Cl)c1. The molecule has 2 aromatic rings. The van der Waals surface area contributed by atoms with E-state index in [4.69, 9.17) is 21.4 Å². The Kier molecular flexibility index (Phi) is 9.48. The zero-order chi connectivity index (χ0) is 27.2. The minimum absolute atomic E-state index is 0.0764. The summed E-state index contributed by atoms with van der Waals surface area (Å²) in [4.78, 5) is 49.2. The smallest absolute Gasteiger partial charge is 0.410 e. The third-order valence-corrected chi connectivity index (χ3v) is 6.42. The van der Waals surface area contributed by atoms with E-state index in [1.807, 2.05) is 39.0 Å². The number of likely N-dealkylation sites (tertiary alicyclic amines) is 1. The van der Waals surface area contributed by atoms with Gasteiger partial charge in [-0.1, -0.05) is 23.7 Å². The Balaban J connectivity index is 1.66. The molecule has 0 unspecified atom stereocenters. The van der Waals surface area contributed by atoms with Crippen molar-refractivity contribution in [1.82, 2.24) is 19.8 Å². The first kappa shape index (κ1) is 28.4. The van der Waals surface area contributed by atoms with Crippen molar-refractivity contribution < 1.29 is 24.2 Å². The summed E-state index contributed by atoms with van der Waals surface area (Å²) in [5.41, 5.74) is 1.32. The first-order chi connectivity index (χ1) is 17.4. The summed E-state index contributed by atoms with van der Waals surface area (Å²) in [6, 6.07) is 7.37. The number of aromatic nitrogens is 2. The van der Waals surface area contributed by atoms with E-state index in [2.05, 4.69) is 9.97 Å². The van der Waals surface area contributed by atoms with Crippen molar-refractivity contribution in [2.75, 3.05) is 26.2 Å². The zero-order valence-corrected chi connectivity index (χ0v) is 22.6. The Hall–Kier alpha value is -3.20. The second-order valence-electron chi connectivity index (χ2n) is 10.3. The lowest BCUT2D eigenvalue weighted by molar-refractivity contribution is -0.137. The molecule has 10 heteroatoms. The van der Waals surface area contributed by atoms with Crippen molar-refractivity contribution in [3.63, 3.8) is 0 Å². The number of halogens is 1. The summed E-state index contributed by atoms with van der Waals surface area (Å²) < 4.78 is 5.46. The molecule has 0 radical (unpaired) electrons. The van der Waals surface area contributed by atoms with Crippen molar-refractivity contribution in [2.24, 2.45) is 0 Å². The van der Waals surface area contributed by atoms with Crippen LogP contribution in [0.2, 0.25) is 5.02 Å². The van der Waals surface area contributed by atoms with Crippen LogP contribution in [0, 0.1) is 6.92 Å². The van der Waals surface area contributed by atoms with Crippen LogP contribution < -0.4 is 0 Å². The van der Waals surface area contributed by atoms with Gasteiger partial charge in [0.15, 0.2) is 0 Å². The Morgan fingerprint density at radius 1 is 1.19 bits per heavy atom. The molecule has 1 N–H and O–H groups in total. The van der Waals surface area contributed by atoms with Gasteiger partial charge >= 0.3 is 12.1 Å². The molecule has 3 rings (SSSR count). The monoisotopic (exact) mass is 530 g/mol. The number of aryl methyl sites for hydroxylation is 1. The standard InChI is InChI=1S/C27H35ClN4O5/c1-18-22(25(35)31(15-11-23(33)34)12-8-19-6-5-7-21(28)16-19)17-29-24(30-18)20-9-13-32(14-10-20)26(36)37-27(2,3)4/h5-7,16-17,20H,8-15H2,1-4H3,(H,33,34). The van der Waals surface area contributed by atoms with Crippen LogP contribution in [0.25, 0.3) is 0 Å². The molecular weight excluding hydrogens is 496 g/mol. The summed E-state index contributed by atoms with van der Waals surface area (Å²) in [5, 5.41) is 9.78. The number of ether oxygens (including phenoxy) is 1. The Bertz CT molecular complexity index is 1130. The number of piperidine rings is 1. The van der Waals surface area contributed by atoms with Crippen LogP contribution in [-0.4, -0.2) is 74.6 Å². The van der Waals surface area contributed by atoms with E-state index in [0.717, 1.165) is 5.56 Å². The Morgan fingerprint density at radius 3 is 2.49 bits per heavy atom. The molecule has 1 aromatic carbocycles. The van der Waals surface area contributed by atoms with Gasteiger partial charge in [-0.2, -0.15) is 0 Å². The Labute approximate surface area is 222 Å². The molecule has 0 aliphatic carbocycles. The maximum absolute atomic E-state index is 13.4. The highest BCUT2D eigenvalue weighted by Gasteiger charge is 2.29. The normalized spacial score (nSPS) is 14.4. The van der Waals surface area contributed by atoms with Gasteiger partial charge < -0.3 is 19.6 Å². The fourth-order valence-electron chi connectivity index (χ4n) is 4.21. The van der Waals surface area contributed by atoms with Crippen LogP contribution in [0.1, 0.15) is 73.4 Å². The van der Waals surface area contributed by atoms with Gasteiger partial charge in [-0.3, -0.25) is 9.59 Å². The summed E-state index contributed by atoms with van der Waals surface area (Å²) in [6.07, 6.45) is 3.01. The van der Waals surface area contributed by atoms with E-state index in [0.29, 0.717) is 61.0 Å². The van der Waals surface area contributed by atoms with Crippen LogP contribution in [0.4, 0.5) is 4.79 Å². The van der Waals surface area contributed by atoms with Gasteiger partial charge in [-0.05, 0) is 64.7 Å². The van der Waals surface area contributed by atoms with Gasteiger partial charge in [-0.25, -0.2) is 14.8 Å². The minimum atomic E-state index is -0.971. The average Bonchev–Trinajstić information content (AvgIpc) is 2.82. The topological polar surface area (TPSA) is 113 Å². The highest BCUT2D eigenvalue weighted by atomic mass is 35.5. The van der Waals surface area contributed by atoms with Crippen LogP contribution in [0.3, 0.4) is 0 Å². The number of nitrogens with zero attached hydrogens (tertiary/aromatic N) is 4. The van der Waals surface area contributed by atoms with Crippen LogP contribution >= 0.6 is 11.6 Å². The maximum Gasteiger partial charge on any atom is 0.410 e. The number of carboxylic acid groups (broad SMARTS) is 1. The molecule has 0 saturated carbocycles. The maximum atomic E-state index is 13.4. The highest BCUT2D eigenvalue weighted by molar-refractivity contribution is 6.30. The number of rotatable bonds is 8. The van der Waals surface area contributed by atoms with Crippen molar-refractivity contribution in [2.45, 2.75) is 64.9 Å². The van der Waals surface area contributed by atoms with Gasteiger partial charge in [0.05, 0.1) is 17.7 Å². The third-order valence-electron chi connectivity index (χ3n) is 6.18. The number of carbonyl (C=O) groups is 3. The summed E-state index contributed by atoms with van der Waals surface area (Å²) in [5.74, 6) is -0.546. The molecular formula is C27H35ClN4O5. The number of hydrogen-bond donors (Lipinski definition) is 1. The van der Waals surface area contributed by atoms with Gasteiger partial charge in [0.2, 0.25) is 0 Å². The molecule has 37 heavy (non-hydrogen) atoms. The lowest BCUT2D eigenvalue weighted by Crippen LogP contribution is -2.41. The molecule has 1 aliphatic heterocycles. The quantitative estimate of drug-likeness (QED) is 0.525. The minimum Gasteiger partial charge on any atom is -0.481 e. The molecule has 1 aromatic heterocycles. The lowest BCUT2D eigenvalue weighted by Gasteiger charge is -2.33. The summed E-state index contributed by atoms with van der Waals surface area (Å²) in [7, 11) is 0. The Morgan fingerprint density at radius 2 is 1.89 bits per heavy atom. The predicted molar refractivity (Wildman–Crippen MR) is 140 cm³/mol. The van der Waals surface area contributed by atoms with E-state index < -0.39 is 11.6 Å². The lowest BCUT2D eigenvalue weighted by atomic mass is 9.96. The third kappa shape index (κ3) is 8.42. The van der Waals surface area contributed by atoms with Gasteiger partial charge in [0, 0.05) is 43.3 Å². The summed E-state index contributed by atoms with van der Waals surface area (Å²) >= 11 is 6.07. The molecule has 1 aliphatic rings. The molecule has 0 spiro atoms. The fourth-order valence-corrected chi connectivity index (χ4v) is 4.42. The fraction of sp³-hybridized carbons (Fsp3) is 0.519. The van der Waals surface area contributed by atoms with E-state index in [1.54, 1.807) is 17.9 Å². The largest absolute Gasteiger partial charge is 0.481 e. The number of aliphatic carboxylic acids is 1. The first-order valence-corrected chi connectivity index (χ1v) is 12.9. The highest BCUT2D eigenvalue weighted by Crippen LogP contribution is 2.27. The molecule has 1 fully saturated rings. The molecule has 0 atom stereocenters. The number of amides is 2. The number of carbonyl (C=O) groups excluding carboxylic acids is 2. The van der Waals surface area contributed by atoms with Crippen LogP contribution in [0.5, 0.6) is 0 Å².